The number of hydrogen-bond acceptors (Lipinski definition) is 8. The molecule has 0 aromatic heterocycles. The number of hydrogen-bond donors (Lipinski definition) is 7. The predicted octanol–water partition coefficient (Wildman–Crippen LogP) is -0.177. The van der Waals surface area contributed by atoms with Gasteiger partial charge in [0.25, 0.3) is 15.9 Å². The molecule has 0 heterocycles. The molecular weight excluding hydrogens is 424 g/mol. The third-order valence-corrected chi connectivity index (χ3v) is 5.58. The van der Waals surface area contributed by atoms with Crippen LogP contribution in [-0.4, -0.2) is 44.3 Å². The Morgan fingerprint density at radius 3 is 2.42 bits per heavy atom. The SMILES string of the molecule is Nc1cccc(S(=O)(=O)Nc2cccc(C(=O)N[C@@H](CCCNC(N)N)C(=O)O)c2)c1. The zero-order valence-electron chi connectivity index (χ0n) is 16.6. The number of nitrogen functional groups attached to an aromatic ring is 1. The van der Waals surface area contributed by atoms with Crippen molar-refractivity contribution >= 4 is 33.3 Å². The number of sulfonamides is 1. The number of rotatable bonds is 11. The minimum atomic E-state index is -3.92. The van der Waals surface area contributed by atoms with Crippen molar-refractivity contribution in [3.63, 3.8) is 0 Å². The van der Waals surface area contributed by atoms with Gasteiger partial charge < -0.3 is 27.6 Å². The first kappa shape index (κ1) is 24.1. The highest BCUT2D eigenvalue weighted by Gasteiger charge is 2.21. The Labute approximate surface area is 180 Å². The molecule has 10 N–H and O–H groups in total. The summed E-state index contributed by atoms with van der Waals surface area (Å²) in [6.45, 7) is 0.387. The lowest BCUT2D eigenvalue weighted by Crippen LogP contribution is -2.46. The summed E-state index contributed by atoms with van der Waals surface area (Å²) in [5, 5.41) is 14.5. The lowest BCUT2D eigenvalue weighted by atomic mass is 10.1. The van der Waals surface area contributed by atoms with E-state index in [0.29, 0.717) is 18.7 Å². The maximum atomic E-state index is 12.5. The van der Waals surface area contributed by atoms with Crippen LogP contribution >= 0.6 is 0 Å². The van der Waals surface area contributed by atoms with Gasteiger partial charge in [0.15, 0.2) is 0 Å². The molecule has 0 bridgehead atoms. The summed E-state index contributed by atoms with van der Waals surface area (Å²) in [5.74, 6) is -1.84. The van der Waals surface area contributed by atoms with E-state index >= 15 is 0 Å². The van der Waals surface area contributed by atoms with E-state index in [-0.39, 0.29) is 22.6 Å². The van der Waals surface area contributed by atoms with E-state index < -0.39 is 34.2 Å². The molecule has 0 saturated carbocycles. The Morgan fingerprint density at radius 1 is 1.06 bits per heavy atom. The molecule has 1 amide bonds. The van der Waals surface area contributed by atoms with Crippen molar-refractivity contribution in [2.75, 3.05) is 17.0 Å². The highest BCUT2D eigenvalue weighted by atomic mass is 32.2. The van der Waals surface area contributed by atoms with Gasteiger partial charge in [0.2, 0.25) is 0 Å². The molecule has 0 saturated heterocycles. The molecule has 2 aromatic carbocycles. The van der Waals surface area contributed by atoms with Crippen molar-refractivity contribution in [3.05, 3.63) is 54.1 Å². The summed E-state index contributed by atoms with van der Waals surface area (Å²) in [6.07, 6.45) is -0.137. The van der Waals surface area contributed by atoms with Gasteiger partial charge in [-0.3, -0.25) is 14.8 Å². The van der Waals surface area contributed by atoms with Crippen LogP contribution in [0.15, 0.2) is 53.4 Å². The van der Waals surface area contributed by atoms with Crippen LogP contribution in [0.5, 0.6) is 0 Å². The fraction of sp³-hybridized carbons (Fsp3) is 0.263. The maximum absolute atomic E-state index is 12.5. The average Bonchev–Trinajstić information content (AvgIpc) is 2.69. The van der Waals surface area contributed by atoms with E-state index in [1.165, 1.54) is 42.5 Å². The van der Waals surface area contributed by atoms with Crippen molar-refractivity contribution in [3.8, 4) is 0 Å². The minimum Gasteiger partial charge on any atom is -0.480 e. The lowest BCUT2D eigenvalue weighted by molar-refractivity contribution is -0.139. The van der Waals surface area contributed by atoms with Crippen LogP contribution in [0.25, 0.3) is 0 Å². The van der Waals surface area contributed by atoms with Crippen molar-refractivity contribution in [2.24, 2.45) is 11.5 Å². The number of carboxylic acids is 1. The number of anilines is 2. The second kappa shape index (κ2) is 10.7. The quantitative estimate of drug-likeness (QED) is 0.138. The highest BCUT2D eigenvalue weighted by Crippen LogP contribution is 2.19. The molecular formula is C19H26N6O5S. The average molecular weight is 451 g/mol. The molecule has 2 aromatic rings. The van der Waals surface area contributed by atoms with Crippen LogP contribution < -0.4 is 32.6 Å². The Hall–Kier alpha value is -3.19. The Morgan fingerprint density at radius 2 is 1.77 bits per heavy atom. The molecule has 2 rings (SSSR count). The molecule has 11 nitrogen and oxygen atoms in total. The molecule has 0 fully saturated rings. The molecule has 1 atom stereocenters. The van der Waals surface area contributed by atoms with Gasteiger partial charge in [0.05, 0.1) is 4.90 Å². The van der Waals surface area contributed by atoms with Crippen molar-refractivity contribution in [2.45, 2.75) is 30.1 Å². The van der Waals surface area contributed by atoms with Gasteiger partial charge in [-0.15, -0.1) is 0 Å². The zero-order chi connectivity index (χ0) is 23.0. The fourth-order valence-corrected chi connectivity index (χ4v) is 3.80. The predicted molar refractivity (Wildman–Crippen MR) is 116 cm³/mol. The normalized spacial score (nSPS) is 12.4. The number of carbonyl (C=O) groups is 2. The van der Waals surface area contributed by atoms with Gasteiger partial charge in [0, 0.05) is 16.9 Å². The number of nitrogens with two attached hydrogens (primary N) is 3. The summed E-state index contributed by atoms with van der Waals surface area (Å²) < 4.78 is 27.4. The third-order valence-electron chi connectivity index (χ3n) is 4.20. The number of aliphatic carboxylic acids is 1. The first-order chi connectivity index (χ1) is 14.6. The molecule has 31 heavy (non-hydrogen) atoms. The van der Waals surface area contributed by atoms with E-state index in [9.17, 15) is 23.1 Å². The zero-order valence-corrected chi connectivity index (χ0v) is 17.4. The van der Waals surface area contributed by atoms with Crippen LogP contribution in [0, 0.1) is 0 Å². The van der Waals surface area contributed by atoms with Crippen LogP contribution in [0.3, 0.4) is 0 Å². The lowest BCUT2D eigenvalue weighted by Gasteiger charge is -2.16. The van der Waals surface area contributed by atoms with Gasteiger partial charge in [-0.1, -0.05) is 12.1 Å². The molecule has 0 radical (unpaired) electrons. The summed E-state index contributed by atoms with van der Waals surface area (Å²) in [6, 6.07) is 10.3. The molecule has 168 valence electrons. The van der Waals surface area contributed by atoms with Gasteiger partial charge in [-0.05, 0) is 55.8 Å². The fourth-order valence-electron chi connectivity index (χ4n) is 2.69. The Balaban J connectivity index is 2.07. The standard InChI is InChI=1S/C19H26N6O5S/c20-13-5-2-7-15(11-13)31(29,30)25-14-6-1-4-12(10-14)17(26)24-16(18(27)28)8-3-9-23-19(21)22/h1-2,4-7,10-11,16,19,23,25H,3,8-9,20-22H2,(H,24,26)(H,27,28)/t16-/m0/s1. The smallest absolute Gasteiger partial charge is 0.326 e. The van der Waals surface area contributed by atoms with Crippen LogP contribution in [-0.2, 0) is 14.8 Å². The number of benzene rings is 2. The minimum absolute atomic E-state index is 0.0286. The molecule has 12 heteroatoms. The monoisotopic (exact) mass is 450 g/mol. The number of carbonyl (C=O) groups excluding carboxylic acids is 1. The van der Waals surface area contributed by atoms with Gasteiger partial charge in [-0.25, -0.2) is 13.2 Å². The molecule has 0 spiro atoms. The van der Waals surface area contributed by atoms with Crippen LogP contribution in [0.2, 0.25) is 0 Å². The summed E-state index contributed by atoms with van der Waals surface area (Å²) in [7, 11) is -3.92. The first-order valence-electron chi connectivity index (χ1n) is 9.35. The largest absolute Gasteiger partial charge is 0.480 e. The van der Waals surface area contributed by atoms with Crippen LogP contribution in [0.1, 0.15) is 23.2 Å². The number of amides is 1. The van der Waals surface area contributed by atoms with Crippen molar-refractivity contribution < 1.29 is 23.1 Å². The molecule has 0 aliphatic rings. The highest BCUT2D eigenvalue weighted by molar-refractivity contribution is 7.92. The Bertz CT molecular complexity index is 1030. The van der Waals surface area contributed by atoms with E-state index in [1.54, 1.807) is 6.07 Å². The van der Waals surface area contributed by atoms with Crippen LogP contribution in [0.4, 0.5) is 11.4 Å². The van der Waals surface area contributed by atoms with Gasteiger partial charge in [0.1, 0.15) is 12.3 Å². The van der Waals surface area contributed by atoms with E-state index in [0.717, 1.165) is 0 Å². The van der Waals surface area contributed by atoms with E-state index in [4.69, 9.17) is 17.2 Å². The van der Waals surface area contributed by atoms with E-state index in [1.807, 2.05) is 0 Å². The van der Waals surface area contributed by atoms with Crippen molar-refractivity contribution in [1.29, 1.82) is 0 Å². The second-order valence-electron chi connectivity index (χ2n) is 6.75. The summed E-state index contributed by atoms with van der Waals surface area (Å²) in [4.78, 5) is 23.9. The second-order valence-corrected chi connectivity index (χ2v) is 8.43. The molecule has 0 aliphatic carbocycles. The van der Waals surface area contributed by atoms with E-state index in [2.05, 4.69) is 15.4 Å². The topological polar surface area (TPSA) is 203 Å². The van der Waals surface area contributed by atoms with Gasteiger partial charge >= 0.3 is 5.97 Å². The summed E-state index contributed by atoms with van der Waals surface area (Å²) in [5.41, 5.74) is 16.9. The first-order valence-corrected chi connectivity index (χ1v) is 10.8. The van der Waals surface area contributed by atoms with Gasteiger partial charge in [-0.2, -0.15) is 0 Å². The number of carboxylic acid groups (broad SMARTS) is 1. The van der Waals surface area contributed by atoms with Crippen molar-refractivity contribution in [1.82, 2.24) is 10.6 Å². The Kier molecular flexibility index (Phi) is 8.33. The summed E-state index contributed by atoms with van der Waals surface area (Å²) >= 11 is 0. The third kappa shape index (κ3) is 7.53. The molecule has 0 aliphatic heterocycles. The maximum Gasteiger partial charge on any atom is 0.326 e. The molecule has 0 unspecified atom stereocenters. The number of nitrogens with one attached hydrogen (secondary N) is 3.